The number of nitrogens with zero attached hydrogens (tertiary/aromatic N) is 1. The lowest BCUT2D eigenvalue weighted by atomic mass is 10.2. The van der Waals surface area contributed by atoms with Crippen molar-refractivity contribution in [2.75, 3.05) is 7.05 Å². The molecule has 0 aliphatic rings. The second-order valence-electron chi connectivity index (χ2n) is 3.09. The predicted octanol–water partition coefficient (Wildman–Crippen LogP) is 0.764. The van der Waals surface area contributed by atoms with Crippen molar-refractivity contribution in [1.82, 2.24) is 9.88 Å². The highest BCUT2D eigenvalue weighted by Gasteiger charge is 2.06. The van der Waals surface area contributed by atoms with Crippen LogP contribution in [0, 0.1) is 0 Å². The Kier molecular flexibility index (Phi) is 2.89. The van der Waals surface area contributed by atoms with Gasteiger partial charge < -0.3 is 15.6 Å². The first-order valence-corrected chi connectivity index (χ1v) is 4.21. The lowest BCUT2D eigenvalue weighted by Crippen LogP contribution is -2.11. The van der Waals surface area contributed by atoms with Crippen LogP contribution < -0.4 is 11.1 Å². The van der Waals surface area contributed by atoms with Crippen LogP contribution in [-0.2, 0) is 13.6 Å². The van der Waals surface area contributed by atoms with Crippen molar-refractivity contribution >= 4 is 0 Å². The fourth-order valence-electron chi connectivity index (χ4n) is 1.24. The maximum absolute atomic E-state index is 5.56. The Morgan fingerprint density at radius 2 is 2.33 bits per heavy atom. The molecule has 1 rings (SSSR count). The fourth-order valence-corrected chi connectivity index (χ4v) is 1.24. The number of nitrogens with two attached hydrogens (primary N) is 1. The van der Waals surface area contributed by atoms with Gasteiger partial charge >= 0.3 is 0 Å². The van der Waals surface area contributed by atoms with Gasteiger partial charge in [-0.05, 0) is 25.6 Å². The molecule has 0 fully saturated rings. The summed E-state index contributed by atoms with van der Waals surface area (Å²) in [6.07, 6.45) is 2.11. The highest BCUT2D eigenvalue weighted by atomic mass is 15.0. The van der Waals surface area contributed by atoms with Crippen molar-refractivity contribution in [3.63, 3.8) is 0 Å². The number of aryl methyl sites for hydroxylation is 1. The van der Waals surface area contributed by atoms with Gasteiger partial charge in [0.1, 0.15) is 0 Å². The van der Waals surface area contributed by atoms with Crippen LogP contribution in [0.2, 0.25) is 0 Å². The average molecular weight is 167 g/mol. The second-order valence-corrected chi connectivity index (χ2v) is 3.09. The molecule has 3 N–H and O–H groups in total. The maximum Gasteiger partial charge on any atom is 0.0334 e. The Morgan fingerprint density at radius 1 is 1.67 bits per heavy atom. The Labute approximate surface area is 73.6 Å². The van der Waals surface area contributed by atoms with Crippen LogP contribution in [0.15, 0.2) is 12.3 Å². The van der Waals surface area contributed by atoms with E-state index >= 15 is 0 Å². The van der Waals surface area contributed by atoms with Crippen LogP contribution in [0.3, 0.4) is 0 Å². The zero-order chi connectivity index (χ0) is 9.14. The quantitative estimate of drug-likeness (QED) is 0.698. The number of hydrogen-bond donors (Lipinski definition) is 2. The molecule has 12 heavy (non-hydrogen) atoms. The Morgan fingerprint density at radius 3 is 2.75 bits per heavy atom. The molecular formula is C9H17N3. The van der Waals surface area contributed by atoms with E-state index < -0.39 is 0 Å². The van der Waals surface area contributed by atoms with E-state index in [0.717, 1.165) is 0 Å². The maximum atomic E-state index is 5.56. The topological polar surface area (TPSA) is 43.0 Å². The molecule has 1 atom stereocenters. The van der Waals surface area contributed by atoms with Crippen molar-refractivity contribution in [2.24, 2.45) is 12.8 Å². The van der Waals surface area contributed by atoms with Gasteiger partial charge in [-0.1, -0.05) is 0 Å². The Hall–Kier alpha value is -0.800. The number of aromatic nitrogens is 1. The molecule has 0 aliphatic heterocycles. The molecule has 1 unspecified atom stereocenters. The monoisotopic (exact) mass is 167 g/mol. The third-order valence-corrected chi connectivity index (χ3v) is 2.27. The van der Waals surface area contributed by atoms with Gasteiger partial charge in [0.25, 0.3) is 0 Å². The lowest BCUT2D eigenvalue weighted by Gasteiger charge is -2.05. The number of nitrogens with one attached hydrogen (secondary N) is 1. The van der Waals surface area contributed by atoms with Crippen LogP contribution in [0.4, 0.5) is 0 Å². The molecule has 0 saturated carbocycles. The molecule has 3 heteroatoms. The van der Waals surface area contributed by atoms with E-state index in [-0.39, 0.29) is 0 Å². The van der Waals surface area contributed by atoms with Gasteiger partial charge in [0.05, 0.1) is 0 Å². The summed E-state index contributed by atoms with van der Waals surface area (Å²) in [6, 6.07) is 2.54. The highest BCUT2D eigenvalue weighted by molar-refractivity contribution is 5.21. The minimum absolute atomic E-state index is 0.400. The summed E-state index contributed by atoms with van der Waals surface area (Å²) in [5.41, 5.74) is 8.03. The van der Waals surface area contributed by atoms with Crippen molar-refractivity contribution < 1.29 is 0 Å². The van der Waals surface area contributed by atoms with Gasteiger partial charge in [-0.15, -0.1) is 0 Å². The molecule has 0 amide bonds. The molecule has 0 aromatic carbocycles. The zero-order valence-electron chi connectivity index (χ0n) is 7.96. The fraction of sp³-hybridized carbons (Fsp3) is 0.556. The summed E-state index contributed by atoms with van der Waals surface area (Å²) in [5, 5.41) is 3.19. The number of rotatable bonds is 3. The minimum atomic E-state index is 0.400. The van der Waals surface area contributed by atoms with Crippen molar-refractivity contribution in [2.45, 2.75) is 19.5 Å². The van der Waals surface area contributed by atoms with Crippen molar-refractivity contribution in [3.05, 3.63) is 23.5 Å². The van der Waals surface area contributed by atoms with Crippen LogP contribution in [0.1, 0.15) is 24.2 Å². The summed E-state index contributed by atoms with van der Waals surface area (Å²) >= 11 is 0. The van der Waals surface area contributed by atoms with Gasteiger partial charge in [0, 0.05) is 31.5 Å². The number of hydrogen-bond acceptors (Lipinski definition) is 2. The van der Waals surface area contributed by atoms with E-state index in [4.69, 9.17) is 5.73 Å². The van der Waals surface area contributed by atoms with Crippen molar-refractivity contribution in [3.8, 4) is 0 Å². The molecule has 3 nitrogen and oxygen atoms in total. The molecule has 0 spiro atoms. The molecule has 1 aromatic rings. The smallest absolute Gasteiger partial charge is 0.0334 e. The largest absolute Gasteiger partial charge is 0.353 e. The van der Waals surface area contributed by atoms with Gasteiger partial charge in [-0.2, -0.15) is 0 Å². The highest BCUT2D eigenvalue weighted by Crippen LogP contribution is 2.14. The predicted molar refractivity (Wildman–Crippen MR) is 50.8 cm³/mol. The van der Waals surface area contributed by atoms with Crippen LogP contribution in [-0.4, -0.2) is 11.6 Å². The van der Waals surface area contributed by atoms with Gasteiger partial charge in [-0.3, -0.25) is 0 Å². The molecule has 68 valence electrons. The molecule has 0 saturated heterocycles. The summed E-state index contributed by atoms with van der Waals surface area (Å²) < 4.78 is 2.07. The summed E-state index contributed by atoms with van der Waals surface area (Å²) in [4.78, 5) is 0. The first-order valence-electron chi connectivity index (χ1n) is 4.21. The van der Waals surface area contributed by atoms with E-state index in [1.165, 1.54) is 11.3 Å². The van der Waals surface area contributed by atoms with Crippen LogP contribution in [0.25, 0.3) is 0 Å². The molecule has 0 bridgehead atoms. The standard InChI is InChI=1S/C9H17N3/c1-7(11-2)8-4-9(5-10)12(3)6-8/h4,6-7,11H,5,10H2,1-3H3. The van der Waals surface area contributed by atoms with E-state index in [9.17, 15) is 0 Å². The normalized spacial score (nSPS) is 13.3. The molecule has 1 heterocycles. The van der Waals surface area contributed by atoms with E-state index in [2.05, 4.69) is 29.1 Å². The summed E-state index contributed by atoms with van der Waals surface area (Å²) in [5.74, 6) is 0. The zero-order valence-corrected chi connectivity index (χ0v) is 7.96. The van der Waals surface area contributed by atoms with Crippen LogP contribution in [0.5, 0.6) is 0 Å². The Bertz CT molecular complexity index is 252. The molecular weight excluding hydrogens is 150 g/mol. The SMILES string of the molecule is CNC(C)c1cc(CN)n(C)c1. The second kappa shape index (κ2) is 3.74. The molecule has 0 aliphatic carbocycles. The first-order chi connectivity index (χ1) is 5.69. The summed E-state index contributed by atoms with van der Waals surface area (Å²) in [7, 11) is 3.98. The van der Waals surface area contributed by atoms with E-state index in [1.807, 2.05) is 14.1 Å². The van der Waals surface area contributed by atoms with Gasteiger partial charge in [0.2, 0.25) is 0 Å². The first kappa shape index (κ1) is 9.29. The third-order valence-electron chi connectivity index (χ3n) is 2.27. The molecule has 1 aromatic heterocycles. The minimum Gasteiger partial charge on any atom is -0.353 e. The Balaban J connectivity index is 2.88. The lowest BCUT2D eigenvalue weighted by molar-refractivity contribution is 0.651. The van der Waals surface area contributed by atoms with Crippen LogP contribution >= 0.6 is 0 Å². The van der Waals surface area contributed by atoms with Gasteiger partial charge in [0.15, 0.2) is 0 Å². The third kappa shape index (κ3) is 1.68. The molecule has 0 radical (unpaired) electrons. The summed E-state index contributed by atoms with van der Waals surface area (Å²) in [6.45, 7) is 2.74. The van der Waals surface area contributed by atoms with E-state index in [1.54, 1.807) is 0 Å². The average Bonchev–Trinajstić information content (AvgIpc) is 2.45. The van der Waals surface area contributed by atoms with E-state index in [0.29, 0.717) is 12.6 Å². The van der Waals surface area contributed by atoms with Crippen molar-refractivity contribution in [1.29, 1.82) is 0 Å². The van der Waals surface area contributed by atoms with Gasteiger partial charge in [-0.25, -0.2) is 0 Å².